The van der Waals surface area contributed by atoms with Crippen molar-refractivity contribution in [1.29, 1.82) is 0 Å². The van der Waals surface area contributed by atoms with Gasteiger partial charge < -0.3 is 14.6 Å². The van der Waals surface area contributed by atoms with Gasteiger partial charge in [0.1, 0.15) is 17.3 Å². The second-order valence-electron chi connectivity index (χ2n) is 7.89. The zero-order valence-electron chi connectivity index (χ0n) is 18.6. The molecule has 0 aromatic heterocycles. The summed E-state index contributed by atoms with van der Waals surface area (Å²) in [6.07, 6.45) is 5.53. The Balaban J connectivity index is 2.08. The fourth-order valence-corrected chi connectivity index (χ4v) is 3.97. The number of nitrogens with one attached hydrogen (secondary N) is 1. The van der Waals surface area contributed by atoms with E-state index in [0.29, 0.717) is 16.9 Å². The molecule has 2 aliphatic rings. The first-order valence-electron chi connectivity index (χ1n) is 10.5. The van der Waals surface area contributed by atoms with Crippen LogP contribution in [0.1, 0.15) is 26.3 Å². The Labute approximate surface area is 192 Å². The number of fused-ring (bicyclic) bond motifs is 1. The van der Waals surface area contributed by atoms with Crippen LogP contribution in [-0.2, 0) is 20.7 Å². The minimum Gasteiger partial charge on any atom is -0.496 e. The van der Waals surface area contributed by atoms with Crippen LogP contribution in [0.15, 0.2) is 64.9 Å². The quantitative estimate of drug-likeness (QED) is 0.563. The smallest absolute Gasteiger partial charge is 0.356 e. The van der Waals surface area contributed by atoms with Crippen LogP contribution in [0, 0.1) is 17.7 Å². The Morgan fingerprint density at radius 3 is 2.69 bits per heavy atom. The molecule has 2 heterocycles. The lowest BCUT2D eigenvalue weighted by molar-refractivity contribution is -0.139. The Kier molecular flexibility index (Phi) is 7.64. The molecule has 0 radical (unpaired) electrons. The second-order valence-corrected chi connectivity index (χ2v) is 8.30. The van der Waals surface area contributed by atoms with E-state index in [9.17, 15) is 14.3 Å². The van der Waals surface area contributed by atoms with Crippen molar-refractivity contribution in [1.82, 2.24) is 10.4 Å². The highest BCUT2D eigenvalue weighted by atomic mass is 35.5. The van der Waals surface area contributed by atoms with Crippen molar-refractivity contribution in [3.05, 3.63) is 81.3 Å². The fourth-order valence-electron chi connectivity index (χ4n) is 3.77. The summed E-state index contributed by atoms with van der Waals surface area (Å²) in [5.74, 6) is -0.516. The van der Waals surface area contributed by atoms with E-state index in [1.165, 1.54) is 6.07 Å². The van der Waals surface area contributed by atoms with Gasteiger partial charge in [0.25, 0.3) is 0 Å². The normalized spacial score (nSPS) is 16.6. The Bertz CT molecular complexity index is 1010. The third-order valence-electron chi connectivity index (χ3n) is 5.49. The number of allylic oxidation sites excluding steroid dienone is 3. The summed E-state index contributed by atoms with van der Waals surface area (Å²) >= 11 is 5.94. The molecule has 32 heavy (non-hydrogen) atoms. The molecule has 8 heteroatoms. The first-order chi connectivity index (χ1) is 15.3. The average Bonchev–Trinajstić information content (AvgIpc) is 2.76. The number of aliphatic hydroxyl groups is 1. The van der Waals surface area contributed by atoms with Crippen LogP contribution in [0.25, 0.3) is 0 Å². The summed E-state index contributed by atoms with van der Waals surface area (Å²) in [5, 5.41) is 11.8. The van der Waals surface area contributed by atoms with E-state index in [2.05, 4.69) is 5.43 Å². The minimum atomic E-state index is -0.498. The molecule has 0 bridgehead atoms. The molecule has 0 fully saturated rings. The van der Waals surface area contributed by atoms with Gasteiger partial charge in [0.15, 0.2) is 0 Å². The monoisotopic (exact) mass is 462 g/mol. The molecule has 0 saturated heterocycles. The molecule has 2 aliphatic heterocycles. The maximum atomic E-state index is 14.5. The van der Waals surface area contributed by atoms with Crippen molar-refractivity contribution in [3.8, 4) is 0 Å². The van der Waals surface area contributed by atoms with Gasteiger partial charge in [0, 0.05) is 30.2 Å². The number of carbonyl (C=O) groups excluding carboxylic acids is 1. The number of hydrogen-bond acceptors (Lipinski definition) is 6. The van der Waals surface area contributed by atoms with Gasteiger partial charge in [-0.2, -0.15) is 0 Å². The van der Waals surface area contributed by atoms with Crippen LogP contribution < -0.4 is 5.43 Å². The number of hydrogen-bond donors (Lipinski definition) is 2. The maximum absolute atomic E-state index is 14.5. The predicted octanol–water partition coefficient (Wildman–Crippen LogP) is 4.24. The number of benzene rings is 1. The molecule has 0 amide bonds. The molecule has 6 nitrogen and oxygen atoms in total. The van der Waals surface area contributed by atoms with E-state index in [0.717, 1.165) is 11.3 Å². The third kappa shape index (κ3) is 4.84. The number of carbonyl (C=O) groups is 1. The van der Waals surface area contributed by atoms with Crippen molar-refractivity contribution in [2.75, 3.05) is 20.3 Å². The van der Waals surface area contributed by atoms with E-state index in [1.807, 2.05) is 19.9 Å². The number of methoxy groups -OCH3 is 1. The first-order valence-corrected chi connectivity index (χ1v) is 10.9. The van der Waals surface area contributed by atoms with E-state index >= 15 is 0 Å². The van der Waals surface area contributed by atoms with Gasteiger partial charge in [0.2, 0.25) is 0 Å². The van der Waals surface area contributed by atoms with Crippen LogP contribution in [0.5, 0.6) is 0 Å². The van der Waals surface area contributed by atoms with Crippen LogP contribution in [0.2, 0.25) is 5.02 Å². The highest BCUT2D eigenvalue weighted by molar-refractivity contribution is 6.30. The molecule has 172 valence electrons. The van der Waals surface area contributed by atoms with Gasteiger partial charge in [-0.3, -0.25) is 10.4 Å². The molecule has 1 atom stereocenters. The molecule has 1 aromatic rings. The van der Waals surface area contributed by atoms with Crippen LogP contribution in [-0.4, -0.2) is 36.4 Å². The average molecular weight is 463 g/mol. The van der Waals surface area contributed by atoms with Crippen molar-refractivity contribution in [3.63, 3.8) is 0 Å². The van der Waals surface area contributed by atoms with Crippen molar-refractivity contribution in [2.45, 2.75) is 27.2 Å². The fraction of sp³-hybridized carbons (Fsp3) is 0.375. The topological polar surface area (TPSA) is 71.0 Å². The Morgan fingerprint density at radius 1 is 1.31 bits per heavy atom. The van der Waals surface area contributed by atoms with Gasteiger partial charge in [-0.05, 0) is 36.1 Å². The SMILES string of the molecule is CCOC(=O)C1=CC([C@H](CO)C(C)C)=C2C=C(OC)C(Cc3cccc(Cl)c3F)=CN2N1. The molecule has 3 rings (SSSR count). The highest BCUT2D eigenvalue weighted by Crippen LogP contribution is 2.35. The van der Waals surface area contributed by atoms with Gasteiger partial charge >= 0.3 is 5.97 Å². The molecular weight excluding hydrogens is 435 g/mol. The van der Waals surface area contributed by atoms with Gasteiger partial charge in [0.05, 0.1) is 31.0 Å². The van der Waals surface area contributed by atoms with Crippen molar-refractivity contribution < 1.29 is 23.8 Å². The van der Waals surface area contributed by atoms with E-state index in [-0.39, 0.29) is 42.2 Å². The second kappa shape index (κ2) is 10.2. The summed E-state index contributed by atoms with van der Waals surface area (Å²) in [6.45, 7) is 5.90. The number of halogens is 2. The van der Waals surface area contributed by atoms with Crippen molar-refractivity contribution >= 4 is 17.6 Å². The zero-order chi connectivity index (χ0) is 23.4. The first kappa shape index (κ1) is 23.9. The van der Waals surface area contributed by atoms with Gasteiger partial charge in [-0.15, -0.1) is 0 Å². The van der Waals surface area contributed by atoms with E-state index < -0.39 is 11.8 Å². The highest BCUT2D eigenvalue weighted by Gasteiger charge is 2.31. The van der Waals surface area contributed by atoms with Gasteiger partial charge in [-0.25, -0.2) is 9.18 Å². The molecule has 1 aromatic carbocycles. The van der Waals surface area contributed by atoms with Crippen molar-refractivity contribution in [2.24, 2.45) is 11.8 Å². The minimum absolute atomic E-state index is 0.0519. The van der Waals surface area contributed by atoms with Gasteiger partial charge in [-0.1, -0.05) is 37.6 Å². The number of rotatable bonds is 8. The molecular formula is C24H28ClFN2O4. The number of aliphatic hydroxyl groups excluding tert-OH is 1. The van der Waals surface area contributed by atoms with Crippen LogP contribution in [0.4, 0.5) is 4.39 Å². The number of hydrazine groups is 1. The molecule has 0 aliphatic carbocycles. The standard InChI is InChI=1S/C24H28ClFN2O4/c1-5-32-24(30)20-10-17(18(13-29)14(2)3)21-11-22(31-4)16(12-28(21)27-20)9-15-7-6-8-19(25)23(15)26/h6-8,10-12,14,18,27,29H,5,9,13H2,1-4H3/t18-/m1/s1. The molecule has 0 spiro atoms. The lowest BCUT2D eigenvalue weighted by atomic mass is 9.85. The lowest BCUT2D eigenvalue weighted by Gasteiger charge is -2.36. The lowest BCUT2D eigenvalue weighted by Crippen LogP contribution is -2.41. The summed E-state index contributed by atoms with van der Waals surface area (Å²) in [6, 6.07) is 4.86. The predicted molar refractivity (Wildman–Crippen MR) is 120 cm³/mol. The Morgan fingerprint density at radius 2 is 2.06 bits per heavy atom. The Hall–Kier alpha value is -2.77. The zero-order valence-corrected chi connectivity index (χ0v) is 19.4. The largest absolute Gasteiger partial charge is 0.496 e. The number of nitrogens with zero attached hydrogens (tertiary/aromatic N) is 1. The van der Waals surface area contributed by atoms with E-state index in [1.54, 1.807) is 43.5 Å². The summed E-state index contributed by atoms with van der Waals surface area (Å²) < 4.78 is 25.3. The summed E-state index contributed by atoms with van der Waals surface area (Å²) in [4.78, 5) is 12.5. The van der Waals surface area contributed by atoms with E-state index in [4.69, 9.17) is 21.1 Å². The molecule has 0 unspecified atom stereocenters. The summed E-state index contributed by atoms with van der Waals surface area (Å²) in [7, 11) is 1.55. The third-order valence-corrected chi connectivity index (χ3v) is 5.79. The van der Waals surface area contributed by atoms with Crippen LogP contribution >= 0.6 is 11.6 Å². The number of esters is 1. The summed E-state index contributed by atoms with van der Waals surface area (Å²) in [5.41, 5.74) is 5.94. The molecule has 0 saturated carbocycles. The van der Waals surface area contributed by atoms with Crippen LogP contribution in [0.3, 0.4) is 0 Å². The number of ether oxygens (including phenoxy) is 2. The maximum Gasteiger partial charge on any atom is 0.356 e. The molecule has 2 N–H and O–H groups in total.